The fourth-order valence-electron chi connectivity index (χ4n) is 2.90. The second-order valence-corrected chi connectivity index (χ2v) is 8.89. The monoisotopic (exact) mass is 402 g/mol. The lowest BCUT2D eigenvalue weighted by Crippen LogP contribution is -1.79. The van der Waals surface area contributed by atoms with Crippen LogP contribution in [-0.4, -0.2) is 10.2 Å². The van der Waals surface area contributed by atoms with Crippen molar-refractivity contribution >= 4 is 34.0 Å². The normalized spacial score (nSPS) is 11.0. The van der Waals surface area contributed by atoms with E-state index in [1.165, 1.54) is 20.9 Å². The number of thiophene rings is 2. The van der Waals surface area contributed by atoms with Gasteiger partial charge in [-0.15, -0.1) is 32.9 Å². The van der Waals surface area contributed by atoms with Gasteiger partial charge in [0.1, 0.15) is 10.0 Å². The molecule has 0 unspecified atom stereocenters. The van der Waals surface area contributed by atoms with Gasteiger partial charge in [0.2, 0.25) is 0 Å². The minimum absolute atomic E-state index is 0.949. The molecule has 0 atom stereocenters. The SMILES string of the molecule is c1csc(-c2ccc(-c3nnc(-c4ccc(-c5cccs5)cc4)s3)cc2)c1. The molecule has 0 aliphatic rings. The molecule has 3 aromatic heterocycles. The molecule has 0 saturated heterocycles. The highest BCUT2D eigenvalue weighted by Crippen LogP contribution is 2.33. The summed E-state index contributed by atoms with van der Waals surface area (Å²) < 4.78 is 0. The first-order valence-corrected chi connectivity index (χ1v) is 11.1. The molecule has 0 amide bonds. The van der Waals surface area contributed by atoms with Crippen molar-refractivity contribution in [2.24, 2.45) is 0 Å². The summed E-state index contributed by atoms with van der Waals surface area (Å²) in [7, 11) is 0. The topological polar surface area (TPSA) is 25.8 Å². The quantitative estimate of drug-likeness (QED) is 0.314. The summed E-state index contributed by atoms with van der Waals surface area (Å²) in [5.74, 6) is 0. The Labute approximate surface area is 169 Å². The Kier molecular flexibility index (Phi) is 4.41. The van der Waals surface area contributed by atoms with Crippen molar-refractivity contribution in [1.29, 1.82) is 0 Å². The zero-order valence-electron chi connectivity index (χ0n) is 14.2. The van der Waals surface area contributed by atoms with Crippen LogP contribution in [0.2, 0.25) is 0 Å². The summed E-state index contributed by atoms with van der Waals surface area (Å²) in [5.41, 5.74) is 4.69. The minimum atomic E-state index is 0.949. The molecule has 0 spiro atoms. The Hall–Kier alpha value is -2.60. The van der Waals surface area contributed by atoms with Crippen molar-refractivity contribution in [1.82, 2.24) is 10.2 Å². The number of aromatic nitrogens is 2. The molecule has 0 aliphatic heterocycles. The summed E-state index contributed by atoms with van der Waals surface area (Å²) in [6, 6.07) is 25.5. The summed E-state index contributed by atoms with van der Waals surface area (Å²) in [6.07, 6.45) is 0. The predicted octanol–water partition coefficient (Wildman–Crippen LogP) is 7.33. The van der Waals surface area contributed by atoms with E-state index in [9.17, 15) is 0 Å². The first-order chi connectivity index (χ1) is 13.4. The predicted molar refractivity (Wildman–Crippen MR) is 117 cm³/mol. The summed E-state index contributed by atoms with van der Waals surface area (Å²) in [5, 5.41) is 14.9. The molecule has 5 rings (SSSR count). The summed E-state index contributed by atoms with van der Waals surface area (Å²) in [4.78, 5) is 2.57. The van der Waals surface area contributed by atoms with Crippen LogP contribution in [0.1, 0.15) is 0 Å². The van der Waals surface area contributed by atoms with Gasteiger partial charge in [-0.1, -0.05) is 72.0 Å². The van der Waals surface area contributed by atoms with E-state index in [1.807, 2.05) is 0 Å². The van der Waals surface area contributed by atoms with Crippen LogP contribution in [0.3, 0.4) is 0 Å². The first kappa shape index (κ1) is 16.6. The fourth-order valence-corrected chi connectivity index (χ4v) is 5.22. The molecule has 0 bridgehead atoms. The van der Waals surface area contributed by atoms with Gasteiger partial charge in [-0.3, -0.25) is 0 Å². The van der Waals surface area contributed by atoms with Crippen molar-refractivity contribution in [2.45, 2.75) is 0 Å². The Balaban J connectivity index is 1.39. The van der Waals surface area contributed by atoms with Crippen LogP contribution in [0.5, 0.6) is 0 Å². The molecule has 27 heavy (non-hydrogen) atoms. The van der Waals surface area contributed by atoms with Crippen LogP contribution >= 0.6 is 34.0 Å². The zero-order valence-corrected chi connectivity index (χ0v) is 16.7. The average molecular weight is 403 g/mol. The highest BCUT2D eigenvalue weighted by molar-refractivity contribution is 7.18. The van der Waals surface area contributed by atoms with Crippen molar-refractivity contribution in [3.8, 4) is 42.0 Å². The van der Waals surface area contributed by atoms with E-state index in [4.69, 9.17) is 0 Å². The van der Waals surface area contributed by atoms with Gasteiger partial charge in [-0.2, -0.15) is 0 Å². The molecule has 130 valence electrons. The third kappa shape index (κ3) is 3.37. The van der Waals surface area contributed by atoms with E-state index in [2.05, 4.69) is 93.8 Å². The third-order valence-electron chi connectivity index (χ3n) is 4.30. The number of rotatable bonds is 4. The maximum atomic E-state index is 4.40. The van der Waals surface area contributed by atoms with E-state index in [1.54, 1.807) is 34.0 Å². The second-order valence-electron chi connectivity index (χ2n) is 6.02. The van der Waals surface area contributed by atoms with Gasteiger partial charge in [-0.05, 0) is 34.0 Å². The average Bonchev–Trinajstić information content (AvgIpc) is 3.51. The lowest BCUT2D eigenvalue weighted by molar-refractivity contribution is 1.10. The Bertz CT molecular complexity index is 1050. The lowest BCUT2D eigenvalue weighted by atomic mass is 10.1. The molecule has 0 fully saturated rings. The Morgan fingerprint density at radius 2 is 0.889 bits per heavy atom. The zero-order chi connectivity index (χ0) is 18.1. The minimum Gasteiger partial charge on any atom is -0.144 e. The van der Waals surface area contributed by atoms with Crippen LogP contribution in [0.15, 0.2) is 83.6 Å². The Morgan fingerprint density at radius 1 is 0.481 bits per heavy atom. The van der Waals surface area contributed by atoms with Gasteiger partial charge >= 0.3 is 0 Å². The van der Waals surface area contributed by atoms with E-state index in [-0.39, 0.29) is 0 Å². The van der Waals surface area contributed by atoms with Gasteiger partial charge in [0.25, 0.3) is 0 Å². The standard InChI is InChI=1S/C22H14N2S3/c1-3-19(25-13-1)15-5-9-17(10-6-15)21-23-24-22(27-21)18-11-7-16(8-12-18)20-4-2-14-26-20/h1-14H. The number of nitrogens with zero attached hydrogens (tertiary/aromatic N) is 2. The van der Waals surface area contributed by atoms with Gasteiger partial charge in [0, 0.05) is 20.9 Å². The smallest absolute Gasteiger partial charge is 0.144 e. The highest BCUT2D eigenvalue weighted by Gasteiger charge is 2.10. The van der Waals surface area contributed by atoms with Gasteiger partial charge in [-0.25, -0.2) is 0 Å². The molecule has 0 aliphatic carbocycles. The molecule has 0 N–H and O–H groups in total. The van der Waals surface area contributed by atoms with E-state index in [0.717, 1.165) is 21.1 Å². The van der Waals surface area contributed by atoms with Crippen molar-refractivity contribution in [3.63, 3.8) is 0 Å². The van der Waals surface area contributed by atoms with Gasteiger partial charge < -0.3 is 0 Å². The number of benzene rings is 2. The van der Waals surface area contributed by atoms with Crippen LogP contribution in [0.25, 0.3) is 42.0 Å². The van der Waals surface area contributed by atoms with Crippen molar-refractivity contribution < 1.29 is 0 Å². The van der Waals surface area contributed by atoms with E-state index < -0.39 is 0 Å². The Morgan fingerprint density at radius 3 is 1.26 bits per heavy atom. The first-order valence-electron chi connectivity index (χ1n) is 8.49. The molecule has 0 saturated carbocycles. The van der Waals surface area contributed by atoms with E-state index in [0.29, 0.717) is 0 Å². The van der Waals surface area contributed by atoms with Crippen molar-refractivity contribution in [3.05, 3.63) is 83.6 Å². The summed E-state index contributed by atoms with van der Waals surface area (Å²) in [6.45, 7) is 0. The molecule has 5 aromatic rings. The molecule has 2 aromatic carbocycles. The van der Waals surface area contributed by atoms with Gasteiger partial charge in [0.15, 0.2) is 0 Å². The molecule has 5 heteroatoms. The lowest BCUT2D eigenvalue weighted by Gasteiger charge is -2.00. The molecule has 2 nitrogen and oxygen atoms in total. The van der Waals surface area contributed by atoms with Crippen LogP contribution < -0.4 is 0 Å². The van der Waals surface area contributed by atoms with E-state index >= 15 is 0 Å². The number of hydrogen-bond acceptors (Lipinski definition) is 5. The largest absolute Gasteiger partial charge is 0.148 e. The maximum Gasteiger partial charge on any atom is 0.148 e. The molecular formula is C22H14N2S3. The number of hydrogen-bond donors (Lipinski definition) is 0. The fraction of sp³-hybridized carbons (Fsp3) is 0. The molecule has 3 heterocycles. The third-order valence-corrected chi connectivity index (χ3v) is 7.16. The van der Waals surface area contributed by atoms with Gasteiger partial charge in [0.05, 0.1) is 0 Å². The maximum absolute atomic E-state index is 4.40. The highest BCUT2D eigenvalue weighted by atomic mass is 32.1. The summed E-state index contributed by atoms with van der Waals surface area (Å²) >= 11 is 5.14. The van der Waals surface area contributed by atoms with Crippen LogP contribution in [0.4, 0.5) is 0 Å². The second kappa shape index (κ2) is 7.19. The van der Waals surface area contributed by atoms with Crippen LogP contribution in [0, 0.1) is 0 Å². The van der Waals surface area contributed by atoms with Crippen molar-refractivity contribution in [2.75, 3.05) is 0 Å². The molecular weight excluding hydrogens is 388 g/mol. The molecule has 0 radical (unpaired) electrons. The van der Waals surface area contributed by atoms with Crippen LogP contribution in [-0.2, 0) is 0 Å².